The Labute approximate surface area is 162 Å². The molecule has 2 N–H and O–H groups in total. The van der Waals surface area contributed by atoms with E-state index in [1.165, 1.54) is 5.56 Å². The number of benzene rings is 1. The van der Waals surface area contributed by atoms with Gasteiger partial charge in [-0.1, -0.05) is 31.0 Å². The van der Waals surface area contributed by atoms with E-state index in [4.69, 9.17) is 10.8 Å². The zero-order valence-corrected chi connectivity index (χ0v) is 17.2. The minimum absolute atomic E-state index is 0.0942. The summed E-state index contributed by atoms with van der Waals surface area (Å²) >= 11 is 0. The summed E-state index contributed by atoms with van der Waals surface area (Å²) < 4.78 is 1.99. The summed E-state index contributed by atoms with van der Waals surface area (Å²) in [7, 11) is 1.89. The monoisotopic (exact) mass is 368 g/mol. The largest absolute Gasteiger partial charge is 0.341 e. The molecule has 0 radical (unpaired) electrons. The zero-order valence-electron chi connectivity index (χ0n) is 17.2. The molecule has 1 amide bonds. The van der Waals surface area contributed by atoms with E-state index in [0.717, 1.165) is 48.3 Å². The molecule has 27 heavy (non-hydrogen) atoms. The highest BCUT2D eigenvalue weighted by atomic mass is 16.2. The van der Waals surface area contributed by atoms with Crippen LogP contribution in [0.25, 0.3) is 5.69 Å². The summed E-state index contributed by atoms with van der Waals surface area (Å²) in [5, 5.41) is 4.75. The summed E-state index contributed by atoms with van der Waals surface area (Å²) in [6, 6.07) is 8.23. The van der Waals surface area contributed by atoms with E-state index in [2.05, 4.69) is 26.0 Å². The lowest BCUT2D eigenvalue weighted by atomic mass is 9.74. The number of para-hydroxylation sites is 1. The van der Waals surface area contributed by atoms with Gasteiger partial charge in [0.25, 0.3) is 0 Å². The Morgan fingerprint density at radius 2 is 2.00 bits per heavy atom. The van der Waals surface area contributed by atoms with E-state index in [9.17, 15) is 4.79 Å². The second-order valence-electron chi connectivity index (χ2n) is 8.35. The molecule has 0 bridgehead atoms. The molecule has 0 spiro atoms. The Balaban J connectivity index is 1.84. The SMILES string of the molecule is Cc1ccccc1-n1nc(C)c(CN(C)C(=O)C2CCCCC2(C)N)c1C. The second kappa shape index (κ2) is 7.47. The summed E-state index contributed by atoms with van der Waals surface area (Å²) in [5.41, 5.74) is 11.5. The fourth-order valence-corrected chi connectivity index (χ4v) is 4.28. The van der Waals surface area contributed by atoms with Crippen molar-refractivity contribution in [3.63, 3.8) is 0 Å². The van der Waals surface area contributed by atoms with Crippen LogP contribution in [0.15, 0.2) is 24.3 Å². The molecular formula is C22H32N4O. The van der Waals surface area contributed by atoms with Gasteiger partial charge >= 0.3 is 0 Å². The van der Waals surface area contributed by atoms with Crippen LogP contribution in [0, 0.1) is 26.7 Å². The predicted octanol–water partition coefficient (Wildman–Crippen LogP) is 3.66. The van der Waals surface area contributed by atoms with E-state index < -0.39 is 5.54 Å². The fourth-order valence-electron chi connectivity index (χ4n) is 4.28. The van der Waals surface area contributed by atoms with Crippen LogP contribution in [0.5, 0.6) is 0 Å². The van der Waals surface area contributed by atoms with Gasteiger partial charge in [-0.15, -0.1) is 0 Å². The van der Waals surface area contributed by atoms with Crippen LogP contribution < -0.4 is 5.73 Å². The van der Waals surface area contributed by atoms with Gasteiger partial charge in [0.2, 0.25) is 5.91 Å². The van der Waals surface area contributed by atoms with Gasteiger partial charge in [0, 0.05) is 30.4 Å². The van der Waals surface area contributed by atoms with Crippen LogP contribution in [-0.4, -0.2) is 33.2 Å². The minimum atomic E-state index is -0.404. The quantitative estimate of drug-likeness (QED) is 0.896. The number of carbonyl (C=O) groups excluding carboxylic acids is 1. The molecule has 1 aliphatic carbocycles. The standard InChI is InChI=1S/C22H32N4O/c1-15-10-6-7-12-20(15)26-17(3)18(16(2)24-26)14-25(5)21(27)19-11-8-9-13-22(19,4)23/h6-7,10,12,19H,8-9,11,13-14,23H2,1-5H3. The van der Waals surface area contributed by atoms with E-state index in [-0.39, 0.29) is 11.8 Å². The minimum Gasteiger partial charge on any atom is -0.341 e. The highest BCUT2D eigenvalue weighted by Crippen LogP contribution is 2.33. The normalized spacial score (nSPS) is 22.7. The number of nitrogens with two attached hydrogens (primary N) is 1. The molecule has 146 valence electrons. The highest BCUT2D eigenvalue weighted by Gasteiger charge is 2.39. The van der Waals surface area contributed by atoms with Crippen molar-refractivity contribution in [1.82, 2.24) is 14.7 Å². The zero-order chi connectivity index (χ0) is 19.8. The first-order valence-electron chi connectivity index (χ1n) is 9.87. The highest BCUT2D eigenvalue weighted by molar-refractivity contribution is 5.80. The lowest BCUT2D eigenvalue weighted by molar-refractivity contribution is -0.138. The van der Waals surface area contributed by atoms with Crippen molar-refractivity contribution >= 4 is 5.91 Å². The Hall–Kier alpha value is -2.14. The van der Waals surface area contributed by atoms with E-state index in [1.807, 2.05) is 42.6 Å². The van der Waals surface area contributed by atoms with Crippen LogP contribution >= 0.6 is 0 Å². The molecule has 2 atom stereocenters. The van der Waals surface area contributed by atoms with Crippen molar-refractivity contribution in [1.29, 1.82) is 0 Å². The maximum absolute atomic E-state index is 13.1. The average molecular weight is 369 g/mol. The molecule has 2 unspecified atom stereocenters. The van der Waals surface area contributed by atoms with Gasteiger partial charge in [0.05, 0.1) is 17.3 Å². The van der Waals surface area contributed by atoms with Crippen LogP contribution in [0.3, 0.4) is 0 Å². The van der Waals surface area contributed by atoms with E-state index in [0.29, 0.717) is 6.54 Å². The Bertz CT molecular complexity index is 837. The fraction of sp³-hybridized carbons (Fsp3) is 0.545. The number of carbonyl (C=O) groups is 1. The van der Waals surface area contributed by atoms with Crippen LogP contribution in [0.2, 0.25) is 0 Å². The average Bonchev–Trinajstić information content (AvgIpc) is 2.89. The molecule has 1 fully saturated rings. The Morgan fingerprint density at radius 1 is 1.30 bits per heavy atom. The van der Waals surface area contributed by atoms with Crippen molar-refractivity contribution in [2.45, 2.75) is 65.5 Å². The smallest absolute Gasteiger partial charge is 0.227 e. The topological polar surface area (TPSA) is 64.2 Å². The third-order valence-electron chi connectivity index (χ3n) is 6.11. The third kappa shape index (κ3) is 3.79. The number of aromatic nitrogens is 2. The van der Waals surface area contributed by atoms with Crippen molar-refractivity contribution in [3.05, 3.63) is 46.8 Å². The van der Waals surface area contributed by atoms with Crippen molar-refractivity contribution in [2.24, 2.45) is 11.7 Å². The van der Waals surface area contributed by atoms with Crippen molar-refractivity contribution in [2.75, 3.05) is 7.05 Å². The van der Waals surface area contributed by atoms with Crippen molar-refractivity contribution in [3.8, 4) is 5.69 Å². The number of nitrogens with zero attached hydrogens (tertiary/aromatic N) is 3. The molecular weight excluding hydrogens is 336 g/mol. The van der Waals surface area contributed by atoms with Gasteiger partial charge in [-0.2, -0.15) is 5.10 Å². The lowest BCUT2D eigenvalue weighted by Gasteiger charge is -2.39. The van der Waals surface area contributed by atoms with Gasteiger partial charge in [-0.05, 0) is 52.2 Å². The van der Waals surface area contributed by atoms with Gasteiger partial charge in [0.1, 0.15) is 0 Å². The molecule has 0 saturated heterocycles. The van der Waals surface area contributed by atoms with Gasteiger partial charge in [-0.25, -0.2) is 4.68 Å². The molecule has 0 aliphatic heterocycles. The maximum Gasteiger partial charge on any atom is 0.227 e. The van der Waals surface area contributed by atoms with Gasteiger partial charge in [0.15, 0.2) is 0 Å². The summed E-state index contributed by atoms with van der Waals surface area (Å²) in [5.74, 6) is 0.0606. The van der Waals surface area contributed by atoms with Gasteiger partial charge < -0.3 is 10.6 Å². The summed E-state index contributed by atoms with van der Waals surface area (Å²) in [4.78, 5) is 14.9. The number of hydrogen-bond acceptors (Lipinski definition) is 3. The molecule has 1 aromatic carbocycles. The number of rotatable bonds is 4. The maximum atomic E-state index is 13.1. The first-order chi connectivity index (χ1) is 12.7. The van der Waals surface area contributed by atoms with E-state index in [1.54, 1.807) is 0 Å². The molecule has 1 aliphatic rings. The van der Waals surface area contributed by atoms with Crippen molar-refractivity contribution < 1.29 is 4.79 Å². The van der Waals surface area contributed by atoms with Crippen LogP contribution in [-0.2, 0) is 11.3 Å². The number of amides is 1. The van der Waals surface area contributed by atoms with E-state index >= 15 is 0 Å². The molecule has 1 saturated carbocycles. The van der Waals surface area contributed by atoms with Crippen LogP contribution in [0.1, 0.15) is 55.1 Å². The molecule has 1 aromatic heterocycles. The van der Waals surface area contributed by atoms with Crippen LogP contribution in [0.4, 0.5) is 0 Å². The molecule has 2 aromatic rings. The third-order valence-corrected chi connectivity index (χ3v) is 6.11. The number of hydrogen-bond donors (Lipinski definition) is 1. The molecule has 5 heteroatoms. The molecule has 5 nitrogen and oxygen atoms in total. The lowest BCUT2D eigenvalue weighted by Crippen LogP contribution is -2.53. The summed E-state index contributed by atoms with van der Waals surface area (Å²) in [6.45, 7) is 8.77. The summed E-state index contributed by atoms with van der Waals surface area (Å²) in [6.07, 6.45) is 4.00. The predicted molar refractivity (Wildman–Crippen MR) is 109 cm³/mol. The number of aryl methyl sites for hydroxylation is 2. The first kappa shape index (κ1) is 19.6. The molecule has 3 rings (SSSR count). The Morgan fingerprint density at radius 3 is 2.67 bits per heavy atom. The Kier molecular flexibility index (Phi) is 5.43. The second-order valence-corrected chi connectivity index (χ2v) is 8.35. The first-order valence-corrected chi connectivity index (χ1v) is 9.87. The van der Waals surface area contributed by atoms with Gasteiger partial charge in [-0.3, -0.25) is 4.79 Å². The molecule has 1 heterocycles.